The molecular weight excluding hydrogens is 376 g/mol. The van der Waals surface area contributed by atoms with Gasteiger partial charge < -0.3 is 21.3 Å². The molecule has 2 heterocycles. The molecule has 0 saturated carbocycles. The predicted molar refractivity (Wildman–Crippen MR) is 124 cm³/mol. The Morgan fingerprint density at radius 1 is 1.30 bits per heavy atom. The van der Waals surface area contributed by atoms with E-state index in [1.54, 1.807) is 0 Å². The monoisotopic (exact) mass is 416 g/mol. The van der Waals surface area contributed by atoms with Gasteiger partial charge in [-0.25, -0.2) is 9.98 Å². The number of guanidine groups is 1. The molecule has 0 spiro atoms. The van der Waals surface area contributed by atoms with Crippen LogP contribution in [0, 0.1) is 11.8 Å². The quantitative estimate of drug-likeness (QED) is 0.381. The molecule has 7 heteroatoms. The minimum absolute atomic E-state index is 0.0183. The molecular formula is C23H40N6O. The van der Waals surface area contributed by atoms with E-state index in [9.17, 15) is 4.79 Å². The number of aromatic nitrogens is 1. The molecule has 1 aliphatic heterocycles. The Morgan fingerprint density at radius 2 is 2.07 bits per heavy atom. The van der Waals surface area contributed by atoms with E-state index in [4.69, 9.17) is 10.7 Å². The van der Waals surface area contributed by atoms with Gasteiger partial charge in [-0.2, -0.15) is 0 Å². The highest BCUT2D eigenvalue weighted by molar-refractivity contribution is 5.80. The molecule has 1 aromatic rings. The van der Waals surface area contributed by atoms with E-state index in [1.807, 2.05) is 12.3 Å². The van der Waals surface area contributed by atoms with Crippen molar-refractivity contribution in [2.24, 2.45) is 22.6 Å². The standard InChI is InChI=1S/C23H40N6O/c1-4-7-9-18(5-2)16-27-23(25-6-3)28-17-20-10-8-13-26-22(20)29-14-11-19(12-15-29)21(24)30/h8,10,13,18-19H,4-7,9,11-12,14-17H2,1-3H3,(H2,24,30)(H2,25,27,28). The fourth-order valence-electron chi connectivity index (χ4n) is 3.90. The number of pyridine rings is 1. The van der Waals surface area contributed by atoms with Gasteiger partial charge in [0.15, 0.2) is 5.96 Å². The third-order valence-electron chi connectivity index (χ3n) is 5.92. The smallest absolute Gasteiger partial charge is 0.220 e. The lowest BCUT2D eigenvalue weighted by atomic mass is 9.96. The van der Waals surface area contributed by atoms with Gasteiger partial charge in [0.25, 0.3) is 0 Å². The molecule has 1 atom stereocenters. The molecule has 168 valence electrons. The van der Waals surface area contributed by atoms with Crippen molar-refractivity contribution in [1.82, 2.24) is 15.6 Å². The topological polar surface area (TPSA) is 95.6 Å². The molecule has 1 fully saturated rings. The van der Waals surface area contributed by atoms with Crippen molar-refractivity contribution in [2.75, 3.05) is 31.1 Å². The van der Waals surface area contributed by atoms with Crippen molar-refractivity contribution < 1.29 is 4.79 Å². The summed E-state index contributed by atoms with van der Waals surface area (Å²) in [5.41, 5.74) is 6.57. The first-order chi connectivity index (χ1) is 14.6. The fraction of sp³-hybridized carbons (Fsp3) is 0.696. The summed E-state index contributed by atoms with van der Waals surface area (Å²) in [5.74, 6) is 2.29. The maximum atomic E-state index is 11.4. The van der Waals surface area contributed by atoms with Crippen molar-refractivity contribution in [1.29, 1.82) is 0 Å². The highest BCUT2D eigenvalue weighted by Crippen LogP contribution is 2.25. The zero-order valence-electron chi connectivity index (χ0n) is 19.0. The van der Waals surface area contributed by atoms with Gasteiger partial charge in [-0.1, -0.05) is 39.2 Å². The molecule has 0 bridgehead atoms. The average molecular weight is 417 g/mol. The van der Waals surface area contributed by atoms with Crippen LogP contribution in [0.2, 0.25) is 0 Å². The molecule has 0 aliphatic carbocycles. The summed E-state index contributed by atoms with van der Waals surface area (Å²) in [6.45, 7) is 10.5. The third kappa shape index (κ3) is 7.50. The summed E-state index contributed by atoms with van der Waals surface area (Å²) in [6.07, 6.45) is 8.36. The lowest BCUT2D eigenvalue weighted by Crippen LogP contribution is -2.40. The Bertz CT molecular complexity index is 669. The summed E-state index contributed by atoms with van der Waals surface area (Å²) in [7, 11) is 0. The number of hydrogen-bond acceptors (Lipinski definition) is 4. The van der Waals surface area contributed by atoms with Crippen LogP contribution in [-0.2, 0) is 11.3 Å². The van der Waals surface area contributed by atoms with Gasteiger partial charge in [-0.3, -0.25) is 4.79 Å². The SMILES string of the molecule is CCCCC(CC)CNC(=NCc1cccnc1N1CCC(C(N)=O)CC1)NCC. The van der Waals surface area contributed by atoms with Crippen molar-refractivity contribution >= 4 is 17.7 Å². The summed E-state index contributed by atoms with van der Waals surface area (Å²) in [6, 6.07) is 4.05. The van der Waals surface area contributed by atoms with Gasteiger partial charge in [-0.05, 0) is 38.2 Å². The Kier molecular flexibility index (Phi) is 10.5. The number of nitrogens with one attached hydrogen (secondary N) is 2. The molecule has 7 nitrogen and oxygen atoms in total. The van der Waals surface area contributed by atoms with Gasteiger partial charge in [0.2, 0.25) is 5.91 Å². The number of rotatable bonds is 11. The number of nitrogens with zero attached hydrogens (tertiary/aromatic N) is 3. The van der Waals surface area contributed by atoms with Crippen LogP contribution in [0.25, 0.3) is 0 Å². The van der Waals surface area contributed by atoms with Gasteiger partial charge in [-0.15, -0.1) is 0 Å². The van der Waals surface area contributed by atoms with Crippen LogP contribution in [0.3, 0.4) is 0 Å². The van der Waals surface area contributed by atoms with E-state index in [2.05, 4.69) is 47.4 Å². The predicted octanol–water partition coefficient (Wildman–Crippen LogP) is 3.05. The highest BCUT2D eigenvalue weighted by atomic mass is 16.1. The van der Waals surface area contributed by atoms with E-state index in [1.165, 1.54) is 25.7 Å². The van der Waals surface area contributed by atoms with Crippen LogP contribution in [-0.4, -0.2) is 43.0 Å². The van der Waals surface area contributed by atoms with Gasteiger partial charge in [0.05, 0.1) is 6.54 Å². The number of carbonyl (C=O) groups is 1. The molecule has 0 radical (unpaired) electrons. The molecule has 2 rings (SSSR count). The molecule has 1 aliphatic rings. The lowest BCUT2D eigenvalue weighted by Gasteiger charge is -2.32. The second-order valence-electron chi connectivity index (χ2n) is 8.14. The first-order valence-corrected chi connectivity index (χ1v) is 11.6. The molecule has 1 saturated heterocycles. The number of nitrogens with two attached hydrogens (primary N) is 1. The molecule has 0 aromatic carbocycles. The van der Waals surface area contributed by atoms with Crippen LogP contribution in [0.1, 0.15) is 64.9 Å². The van der Waals surface area contributed by atoms with Crippen molar-refractivity contribution in [3.8, 4) is 0 Å². The Labute approximate surface area is 181 Å². The number of aliphatic imine (C=N–C) groups is 1. The van der Waals surface area contributed by atoms with Crippen LogP contribution in [0.5, 0.6) is 0 Å². The Balaban J connectivity index is 2.01. The number of unbranched alkanes of at least 4 members (excludes halogenated alkanes) is 1. The number of hydrogen-bond donors (Lipinski definition) is 3. The second kappa shape index (κ2) is 13.1. The van der Waals surface area contributed by atoms with E-state index >= 15 is 0 Å². The van der Waals surface area contributed by atoms with Crippen molar-refractivity contribution in [3.05, 3.63) is 23.9 Å². The molecule has 1 aromatic heterocycles. The third-order valence-corrected chi connectivity index (χ3v) is 5.92. The van der Waals surface area contributed by atoms with Crippen molar-refractivity contribution in [2.45, 2.75) is 65.8 Å². The zero-order valence-corrected chi connectivity index (χ0v) is 19.0. The van der Waals surface area contributed by atoms with Crippen LogP contribution in [0.15, 0.2) is 23.3 Å². The zero-order chi connectivity index (χ0) is 21.8. The average Bonchev–Trinajstić information content (AvgIpc) is 2.77. The molecule has 1 unspecified atom stereocenters. The number of amides is 1. The van der Waals surface area contributed by atoms with E-state index in [0.717, 1.165) is 56.4 Å². The number of primary amides is 1. The van der Waals surface area contributed by atoms with Crippen LogP contribution in [0.4, 0.5) is 5.82 Å². The molecule has 4 N–H and O–H groups in total. The van der Waals surface area contributed by atoms with E-state index < -0.39 is 0 Å². The summed E-state index contributed by atoms with van der Waals surface area (Å²) >= 11 is 0. The van der Waals surface area contributed by atoms with Crippen molar-refractivity contribution in [3.63, 3.8) is 0 Å². The first-order valence-electron chi connectivity index (χ1n) is 11.6. The maximum Gasteiger partial charge on any atom is 0.220 e. The van der Waals surface area contributed by atoms with Gasteiger partial charge >= 0.3 is 0 Å². The Hall–Kier alpha value is -2.31. The normalized spacial score (nSPS) is 16.4. The van der Waals surface area contributed by atoms with E-state index in [0.29, 0.717) is 12.5 Å². The first kappa shape index (κ1) is 24.0. The van der Waals surface area contributed by atoms with Gasteiger partial charge in [0.1, 0.15) is 5.82 Å². The fourth-order valence-corrected chi connectivity index (χ4v) is 3.90. The largest absolute Gasteiger partial charge is 0.369 e. The lowest BCUT2D eigenvalue weighted by molar-refractivity contribution is -0.122. The minimum Gasteiger partial charge on any atom is -0.369 e. The number of piperidine rings is 1. The van der Waals surface area contributed by atoms with Gasteiger partial charge in [0, 0.05) is 43.9 Å². The highest BCUT2D eigenvalue weighted by Gasteiger charge is 2.24. The maximum absolute atomic E-state index is 11.4. The number of anilines is 1. The molecule has 30 heavy (non-hydrogen) atoms. The summed E-state index contributed by atoms with van der Waals surface area (Å²) in [5, 5.41) is 6.88. The van der Waals surface area contributed by atoms with Crippen LogP contribution >= 0.6 is 0 Å². The number of carbonyl (C=O) groups excluding carboxylic acids is 1. The minimum atomic E-state index is -0.189. The Morgan fingerprint density at radius 3 is 2.70 bits per heavy atom. The summed E-state index contributed by atoms with van der Waals surface area (Å²) in [4.78, 5) is 23.1. The van der Waals surface area contributed by atoms with Crippen LogP contribution < -0.4 is 21.3 Å². The second-order valence-corrected chi connectivity index (χ2v) is 8.14. The molecule has 1 amide bonds. The van der Waals surface area contributed by atoms with E-state index in [-0.39, 0.29) is 11.8 Å². The summed E-state index contributed by atoms with van der Waals surface area (Å²) < 4.78 is 0.